The zero-order valence-corrected chi connectivity index (χ0v) is 17.8. The van der Waals surface area contributed by atoms with Crippen LogP contribution in [0.2, 0.25) is 0 Å². The minimum atomic E-state index is 0.479. The molecule has 0 N–H and O–H groups in total. The van der Waals surface area contributed by atoms with Gasteiger partial charge < -0.3 is 0 Å². The van der Waals surface area contributed by atoms with Crippen LogP contribution < -0.4 is 0 Å². The van der Waals surface area contributed by atoms with Crippen LogP contribution in [0, 0.1) is 34.5 Å². The van der Waals surface area contributed by atoms with E-state index in [1.165, 1.54) is 77.0 Å². The van der Waals surface area contributed by atoms with Crippen LogP contribution in [0.15, 0.2) is 0 Å². The maximum Gasteiger partial charge on any atom is -0.0350 e. The van der Waals surface area contributed by atoms with Crippen LogP contribution in [0.4, 0.5) is 0 Å². The molecule has 0 aromatic heterocycles. The van der Waals surface area contributed by atoms with Crippen molar-refractivity contribution >= 4 is 0 Å². The summed E-state index contributed by atoms with van der Waals surface area (Å²) in [6.45, 7) is 14.9. The lowest BCUT2D eigenvalue weighted by molar-refractivity contribution is 0.0459. The molecule has 0 aromatic carbocycles. The molecule has 2 unspecified atom stereocenters. The third-order valence-corrected chi connectivity index (χ3v) is 6.76. The monoisotopic (exact) mass is 334 g/mol. The SMILES string of the molecule is CC(C)(C)CC(C1CCCCC1)C(CC(C)(C)C)C1CCCCC1. The lowest BCUT2D eigenvalue weighted by Crippen LogP contribution is -2.36. The van der Waals surface area contributed by atoms with Crippen LogP contribution in [-0.2, 0) is 0 Å². The van der Waals surface area contributed by atoms with Gasteiger partial charge in [-0.2, -0.15) is 0 Å². The van der Waals surface area contributed by atoms with E-state index in [-0.39, 0.29) is 0 Å². The van der Waals surface area contributed by atoms with Gasteiger partial charge in [-0.25, -0.2) is 0 Å². The molecule has 142 valence electrons. The zero-order valence-electron chi connectivity index (χ0n) is 17.8. The van der Waals surface area contributed by atoms with E-state index in [9.17, 15) is 0 Å². The smallest absolute Gasteiger partial charge is 0.0350 e. The molecule has 0 amide bonds. The molecule has 0 nitrogen and oxygen atoms in total. The fraction of sp³-hybridized carbons (Fsp3) is 1.00. The Morgan fingerprint density at radius 1 is 0.542 bits per heavy atom. The first-order valence-corrected chi connectivity index (χ1v) is 11.2. The quantitative estimate of drug-likeness (QED) is 0.474. The first-order chi connectivity index (χ1) is 11.2. The second kappa shape index (κ2) is 8.59. The Labute approximate surface area is 153 Å². The van der Waals surface area contributed by atoms with Gasteiger partial charge >= 0.3 is 0 Å². The zero-order chi connectivity index (χ0) is 17.8. The molecular formula is C24H46. The van der Waals surface area contributed by atoms with Gasteiger partial charge in [-0.15, -0.1) is 0 Å². The fourth-order valence-corrected chi connectivity index (χ4v) is 5.87. The summed E-state index contributed by atoms with van der Waals surface area (Å²) in [5.74, 6) is 4.00. The van der Waals surface area contributed by atoms with Crippen LogP contribution in [0.25, 0.3) is 0 Å². The molecule has 0 aliphatic heterocycles. The van der Waals surface area contributed by atoms with Gasteiger partial charge in [0.2, 0.25) is 0 Å². The minimum absolute atomic E-state index is 0.479. The minimum Gasteiger partial charge on any atom is -0.0602 e. The lowest BCUT2D eigenvalue weighted by Gasteiger charge is -2.45. The van der Waals surface area contributed by atoms with Gasteiger partial charge in [0.25, 0.3) is 0 Å². The summed E-state index contributed by atoms with van der Waals surface area (Å²) < 4.78 is 0. The molecule has 24 heavy (non-hydrogen) atoms. The van der Waals surface area contributed by atoms with Crippen LogP contribution >= 0.6 is 0 Å². The van der Waals surface area contributed by atoms with Crippen molar-refractivity contribution in [3.05, 3.63) is 0 Å². The Hall–Kier alpha value is 0. The third-order valence-electron chi connectivity index (χ3n) is 6.76. The van der Waals surface area contributed by atoms with E-state index in [0.717, 1.165) is 23.7 Å². The highest BCUT2D eigenvalue weighted by atomic mass is 14.4. The van der Waals surface area contributed by atoms with Crippen molar-refractivity contribution in [1.82, 2.24) is 0 Å². The summed E-state index contributed by atoms with van der Waals surface area (Å²) in [5.41, 5.74) is 0.958. The molecule has 0 spiro atoms. The molecule has 2 fully saturated rings. The third kappa shape index (κ3) is 6.72. The molecule has 0 aromatic rings. The highest BCUT2D eigenvalue weighted by Crippen LogP contribution is 2.49. The van der Waals surface area contributed by atoms with E-state index in [2.05, 4.69) is 41.5 Å². The van der Waals surface area contributed by atoms with Crippen LogP contribution in [0.1, 0.15) is 119 Å². The van der Waals surface area contributed by atoms with Crippen molar-refractivity contribution in [2.45, 2.75) is 119 Å². The molecule has 0 heterocycles. The van der Waals surface area contributed by atoms with Crippen molar-refractivity contribution in [2.24, 2.45) is 34.5 Å². The molecule has 2 aliphatic rings. The predicted molar refractivity (Wildman–Crippen MR) is 108 cm³/mol. The van der Waals surface area contributed by atoms with Gasteiger partial charge in [-0.1, -0.05) is 106 Å². The predicted octanol–water partition coefficient (Wildman–Crippen LogP) is 8.25. The summed E-state index contributed by atoms with van der Waals surface area (Å²) in [6.07, 6.45) is 18.0. The summed E-state index contributed by atoms with van der Waals surface area (Å²) in [6, 6.07) is 0. The Morgan fingerprint density at radius 2 is 0.833 bits per heavy atom. The standard InChI is InChI=1S/C24H46/c1-23(2,3)17-21(19-13-9-7-10-14-19)22(18-24(4,5)6)20-15-11-8-12-16-20/h19-22H,7-18H2,1-6H3. The molecule has 0 bridgehead atoms. The topological polar surface area (TPSA) is 0 Å². The van der Waals surface area contributed by atoms with E-state index in [1.54, 1.807) is 0 Å². The molecule has 0 saturated heterocycles. The lowest BCUT2D eigenvalue weighted by atomic mass is 9.60. The van der Waals surface area contributed by atoms with Gasteiger partial charge in [0.05, 0.1) is 0 Å². The van der Waals surface area contributed by atoms with Gasteiger partial charge in [0.15, 0.2) is 0 Å². The first kappa shape index (κ1) is 20.3. The van der Waals surface area contributed by atoms with Gasteiger partial charge in [-0.05, 0) is 47.3 Å². The number of rotatable bonds is 5. The number of hydrogen-bond donors (Lipinski definition) is 0. The van der Waals surface area contributed by atoms with E-state index in [1.807, 2.05) is 0 Å². The van der Waals surface area contributed by atoms with E-state index in [4.69, 9.17) is 0 Å². The van der Waals surface area contributed by atoms with Gasteiger partial charge in [0, 0.05) is 0 Å². The van der Waals surface area contributed by atoms with Crippen LogP contribution in [0.3, 0.4) is 0 Å². The average molecular weight is 335 g/mol. The van der Waals surface area contributed by atoms with E-state index < -0.39 is 0 Å². The molecule has 2 rings (SSSR count). The van der Waals surface area contributed by atoms with E-state index >= 15 is 0 Å². The highest BCUT2D eigenvalue weighted by Gasteiger charge is 2.39. The summed E-state index contributed by atoms with van der Waals surface area (Å²) in [5, 5.41) is 0. The highest BCUT2D eigenvalue weighted by molar-refractivity contribution is 4.89. The van der Waals surface area contributed by atoms with Gasteiger partial charge in [-0.3, -0.25) is 0 Å². The first-order valence-electron chi connectivity index (χ1n) is 11.2. The fourth-order valence-electron chi connectivity index (χ4n) is 5.87. The molecule has 0 heteroatoms. The Kier molecular flexibility index (Phi) is 7.27. The van der Waals surface area contributed by atoms with Crippen molar-refractivity contribution < 1.29 is 0 Å². The van der Waals surface area contributed by atoms with Crippen molar-refractivity contribution in [1.29, 1.82) is 0 Å². The second-order valence-electron chi connectivity index (χ2n) is 11.7. The van der Waals surface area contributed by atoms with Crippen LogP contribution in [-0.4, -0.2) is 0 Å². The normalized spacial score (nSPS) is 24.8. The summed E-state index contributed by atoms with van der Waals surface area (Å²) in [4.78, 5) is 0. The van der Waals surface area contributed by atoms with Crippen LogP contribution in [0.5, 0.6) is 0 Å². The maximum absolute atomic E-state index is 2.48. The Balaban J connectivity index is 2.22. The number of hydrogen-bond acceptors (Lipinski definition) is 0. The Morgan fingerprint density at radius 3 is 1.08 bits per heavy atom. The largest absolute Gasteiger partial charge is 0.0602 e. The van der Waals surface area contributed by atoms with Crippen molar-refractivity contribution in [3.63, 3.8) is 0 Å². The van der Waals surface area contributed by atoms with Crippen molar-refractivity contribution in [2.75, 3.05) is 0 Å². The molecule has 2 aliphatic carbocycles. The summed E-state index contributed by atoms with van der Waals surface area (Å²) >= 11 is 0. The Bertz CT molecular complexity index is 305. The molecule has 2 saturated carbocycles. The average Bonchev–Trinajstić information content (AvgIpc) is 2.50. The second-order valence-corrected chi connectivity index (χ2v) is 11.7. The maximum atomic E-state index is 2.48. The summed E-state index contributed by atoms with van der Waals surface area (Å²) in [7, 11) is 0. The molecular weight excluding hydrogens is 288 g/mol. The van der Waals surface area contributed by atoms with Gasteiger partial charge in [0.1, 0.15) is 0 Å². The molecule has 0 radical (unpaired) electrons. The van der Waals surface area contributed by atoms with Crippen molar-refractivity contribution in [3.8, 4) is 0 Å². The molecule has 2 atom stereocenters. The van der Waals surface area contributed by atoms with E-state index in [0.29, 0.717) is 10.8 Å².